The lowest BCUT2D eigenvalue weighted by Crippen LogP contribution is -2.52. The quantitative estimate of drug-likeness (QED) is 0.836. The van der Waals surface area contributed by atoms with Gasteiger partial charge in [0.05, 0.1) is 25.3 Å². The molecule has 2 aliphatic rings. The van der Waals surface area contributed by atoms with Crippen molar-refractivity contribution in [1.29, 1.82) is 0 Å². The van der Waals surface area contributed by atoms with E-state index in [0.717, 1.165) is 30.5 Å². The molecule has 5 heteroatoms. The normalized spacial score (nSPS) is 27.2. The largest absolute Gasteiger partial charge is 0.377 e. The number of nitrogens with one attached hydrogen (secondary N) is 1. The van der Waals surface area contributed by atoms with Crippen molar-refractivity contribution < 1.29 is 9.53 Å². The zero-order valence-corrected chi connectivity index (χ0v) is 11.6. The predicted octanol–water partition coefficient (Wildman–Crippen LogP) is 1.54. The highest BCUT2D eigenvalue weighted by Gasteiger charge is 2.33. The van der Waals surface area contributed by atoms with E-state index in [-0.39, 0.29) is 18.0 Å². The van der Waals surface area contributed by atoms with E-state index in [9.17, 15) is 4.79 Å². The second kappa shape index (κ2) is 4.96. The maximum Gasteiger partial charge on any atom is 0.275 e. The Balaban J connectivity index is 1.89. The number of hydrogen-bond donors (Lipinski definition) is 1. The smallest absolute Gasteiger partial charge is 0.275 e. The molecule has 0 spiro atoms. The number of H-pyrrole nitrogens is 1. The van der Waals surface area contributed by atoms with Crippen molar-refractivity contribution in [2.24, 2.45) is 0 Å². The average Bonchev–Trinajstić information content (AvgIpc) is 2.82. The fourth-order valence-electron chi connectivity index (χ4n) is 3.18. The Morgan fingerprint density at radius 2 is 1.95 bits per heavy atom. The monoisotopic (exact) mass is 263 g/mol. The van der Waals surface area contributed by atoms with Crippen LogP contribution in [0.5, 0.6) is 0 Å². The molecule has 2 atom stereocenters. The van der Waals surface area contributed by atoms with E-state index in [4.69, 9.17) is 4.74 Å². The molecule has 0 bridgehead atoms. The number of amides is 1. The summed E-state index contributed by atoms with van der Waals surface area (Å²) in [7, 11) is 0. The van der Waals surface area contributed by atoms with Crippen LogP contribution in [0.3, 0.4) is 0 Å². The van der Waals surface area contributed by atoms with Crippen LogP contribution >= 0.6 is 0 Å². The molecule has 1 amide bonds. The lowest BCUT2D eigenvalue weighted by molar-refractivity contribution is -0.0252. The number of carbonyl (C=O) groups excluding carboxylic acids is 1. The zero-order valence-electron chi connectivity index (χ0n) is 11.6. The van der Waals surface area contributed by atoms with Gasteiger partial charge in [-0.15, -0.1) is 0 Å². The Labute approximate surface area is 113 Å². The molecule has 0 saturated carbocycles. The van der Waals surface area contributed by atoms with E-state index >= 15 is 0 Å². The highest BCUT2D eigenvalue weighted by Crippen LogP contribution is 2.25. The van der Waals surface area contributed by atoms with Gasteiger partial charge in [-0.1, -0.05) is 0 Å². The van der Waals surface area contributed by atoms with Gasteiger partial charge in [-0.2, -0.15) is 5.10 Å². The van der Waals surface area contributed by atoms with Crippen molar-refractivity contribution in [2.75, 3.05) is 13.2 Å². The van der Waals surface area contributed by atoms with Gasteiger partial charge in [0, 0.05) is 11.3 Å². The fraction of sp³-hybridized carbons (Fsp3) is 0.714. The molecular weight excluding hydrogens is 242 g/mol. The van der Waals surface area contributed by atoms with Crippen LogP contribution < -0.4 is 0 Å². The van der Waals surface area contributed by atoms with E-state index < -0.39 is 0 Å². The highest BCUT2D eigenvalue weighted by molar-refractivity contribution is 5.94. The summed E-state index contributed by atoms with van der Waals surface area (Å²) in [5.41, 5.74) is 2.93. The summed E-state index contributed by atoms with van der Waals surface area (Å²) in [5.74, 6) is 0.0581. The lowest BCUT2D eigenvalue weighted by Gasteiger charge is -2.38. The summed E-state index contributed by atoms with van der Waals surface area (Å²) >= 11 is 0. The molecule has 104 valence electrons. The molecule has 1 fully saturated rings. The third-order valence-electron chi connectivity index (χ3n) is 4.16. The molecule has 1 aromatic rings. The molecule has 1 aliphatic carbocycles. The number of nitrogens with zero attached hydrogens (tertiary/aromatic N) is 2. The van der Waals surface area contributed by atoms with Gasteiger partial charge in [-0.3, -0.25) is 9.89 Å². The molecule has 2 heterocycles. The first-order valence-corrected chi connectivity index (χ1v) is 7.15. The van der Waals surface area contributed by atoms with E-state index in [1.807, 2.05) is 18.7 Å². The minimum absolute atomic E-state index is 0.0581. The minimum Gasteiger partial charge on any atom is -0.377 e. The summed E-state index contributed by atoms with van der Waals surface area (Å²) in [6.07, 6.45) is 4.33. The third-order valence-corrected chi connectivity index (χ3v) is 4.16. The molecule has 1 aromatic heterocycles. The molecule has 2 unspecified atom stereocenters. The number of aryl methyl sites for hydroxylation is 1. The number of hydrogen-bond acceptors (Lipinski definition) is 3. The maximum absolute atomic E-state index is 12.7. The maximum atomic E-state index is 12.7. The Bertz CT molecular complexity index is 473. The molecule has 1 N–H and O–H groups in total. The second-order valence-corrected chi connectivity index (χ2v) is 5.68. The van der Waals surface area contributed by atoms with E-state index in [1.54, 1.807) is 0 Å². The molecule has 1 aliphatic heterocycles. The number of aromatic nitrogens is 2. The van der Waals surface area contributed by atoms with Crippen LogP contribution in [0.25, 0.3) is 0 Å². The van der Waals surface area contributed by atoms with Crippen LogP contribution in [0.15, 0.2) is 0 Å². The number of carbonyl (C=O) groups is 1. The number of morpholine rings is 1. The second-order valence-electron chi connectivity index (χ2n) is 5.68. The summed E-state index contributed by atoms with van der Waals surface area (Å²) in [4.78, 5) is 14.7. The number of ether oxygens (including phenoxy) is 1. The summed E-state index contributed by atoms with van der Waals surface area (Å²) in [6, 6.07) is 0.236. The topological polar surface area (TPSA) is 58.2 Å². The predicted molar refractivity (Wildman–Crippen MR) is 71.1 cm³/mol. The first-order valence-electron chi connectivity index (χ1n) is 7.15. The van der Waals surface area contributed by atoms with Crippen molar-refractivity contribution in [3.05, 3.63) is 17.0 Å². The van der Waals surface area contributed by atoms with Crippen molar-refractivity contribution in [3.8, 4) is 0 Å². The van der Waals surface area contributed by atoms with E-state index in [2.05, 4.69) is 10.2 Å². The van der Waals surface area contributed by atoms with Gasteiger partial charge in [0.25, 0.3) is 5.91 Å². The number of rotatable bonds is 1. The first kappa shape index (κ1) is 12.7. The molecular formula is C14H21N3O2. The van der Waals surface area contributed by atoms with Gasteiger partial charge < -0.3 is 9.64 Å². The van der Waals surface area contributed by atoms with Gasteiger partial charge in [0.1, 0.15) is 0 Å². The SMILES string of the molecule is CC1COCC(C)N1C(=O)c1n[nH]c2c1CCCC2. The molecule has 0 radical (unpaired) electrons. The van der Waals surface area contributed by atoms with Crippen molar-refractivity contribution in [3.63, 3.8) is 0 Å². The molecule has 5 nitrogen and oxygen atoms in total. The van der Waals surface area contributed by atoms with Crippen LogP contribution in [0, 0.1) is 0 Å². The number of aromatic amines is 1. The lowest BCUT2D eigenvalue weighted by atomic mass is 9.95. The molecule has 3 rings (SSSR count). The standard InChI is InChI=1S/C14H21N3O2/c1-9-7-19-8-10(2)17(9)14(18)13-11-5-3-4-6-12(11)15-16-13/h9-10H,3-8H2,1-2H3,(H,15,16). The molecule has 0 aromatic carbocycles. The van der Waals surface area contributed by atoms with Crippen molar-refractivity contribution >= 4 is 5.91 Å². The minimum atomic E-state index is 0.0581. The summed E-state index contributed by atoms with van der Waals surface area (Å²) in [5, 5.41) is 7.33. The van der Waals surface area contributed by atoms with Gasteiger partial charge in [0.15, 0.2) is 5.69 Å². The Kier molecular flexibility index (Phi) is 3.31. The third kappa shape index (κ3) is 2.16. The van der Waals surface area contributed by atoms with E-state index in [0.29, 0.717) is 18.9 Å². The Morgan fingerprint density at radius 1 is 1.26 bits per heavy atom. The van der Waals surface area contributed by atoms with Gasteiger partial charge >= 0.3 is 0 Å². The van der Waals surface area contributed by atoms with Crippen LogP contribution in [-0.2, 0) is 17.6 Å². The highest BCUT2D eigenvalue weighted by atomic mass is 16.5. The fourth-order valence-corrected chi connectivity index (χ4v) is 3.18. The molecule has 1 saturated heterocycles. The Hall–Kier alpha value is -1.36. The van der Waals surface area contributed by atoms with Gasteiger partial charge in [0.2, 0.25) is 0 Å². The number of fused-ring (bicyclic) bond motifs is 1. The van der Waals surface area contributed by atoms with Gasteiger partial charge in [-0.05, 0) is 39.5 Å². The van der Waals surface area contributed by atoms with E-state index in [1.165, 1.54) is 6.42 Å². The molecule has 19 heavy (non-hydrogen) atoms. The average molecular weight is 263 g/mol. The van der Waals surface area contributed by atoms with Gasteiger partial charge in [-0.25, -0.2) is 0 Å². The zero-order chi connectivity index (χ0) is 13.4. The Morgan fingerprint density at radius 3 is 2.68 bits per heavy atom. The van der Waals surface area contributed by atoms with Crippen molar-refractivity contribution in [2.45, 2.75) is 51.6 Å². The van der Waals surface area contributed by atoms with Crippen LogP contribution in [0.2, 0.25) is 0 Å². The first-order chi connectivity index (χ1) is 9.18. The van der Waals surface area contributed by atoms with Crippen molar-refractivity contribution in [1.82, 2.24) is 15.1 Å². The van der Waals surface area contributed by atoms with Crippen LogP contribution in [-0.4, -0.2) is 46.3 Å². The summed E-state index contributed by atoms with van der Waals surface area (Å²) in [6.45, 7) is 5.30. The van der Waals surface area contributed by atoms with Crippen LogP contribution in [0.4, 0.5) is 0 Å². The van der Waals surface area contributed by atoms with Crippen LogP contribution in [0.1, 0.15) is 48.4 Å². The summed E-state index contributed by atoms with van der Waals surface area (Å²) < 4.78 is 5.48.